The molecular weight excluding hydrogens is 394 g/mol. The van der Waals surface area contributed by atoms with Crippen LogP contribution in [0.25, 0.3) is 0 Å². The van der Waals surface area contributed by atoms with E-state index in [-0.39, 0.29) is 18.5 Å². The Labute approximate surface area is 173 Å². The number of carbonyl (C=O) groups is 3. The highest BCUT2D eigenvalue weighted by Crippen LogP contribution is 2.20. The maximum absolute atomic E-state index is 12.3. The van der Waals surface area contributed by atoms with Gasteiger partial charge in [0.05, 0.1) is 6.54 Å². The molecule has 0 unspecified atom stereocenters. The Morgan fingerprint density at radius 1 is 1.00 bits per heavy atom. The van der Waals surface area contributed by atoms with Crippen molar-refractivity contribution >= 4 is 40.8 Å². The molecule has 152 valence electrons. The van der Waals surface area contributed by atoms with E-state index in [1.54, 1.807) is 17.0 Å². The molecule has 3 rings (SSSR count). The average Bonchev–Trinajstić information content (AvgIpc) is 2.72. The highest BCUT2D eigenvalue weighted by molar-refractivity contribution is 6.30. The summed E-state index contributed by atoms with van der Waals surface area (Å²) in [4.78, 5) is 39.2. The number of hydrogen-bond donors (Lipinski definition) is 3. The normalized spacial score (nSPS) is 13.7. The molecule has 1 fully saturated rings. The summed E-state index contributed by atoms with van der Waals surface area (Å²) in [6.45, 7) is 2.33. The molecule has 29 heavy (non-hydrogen) atoms. The van der Waals surface area contributed by atoms with E-state index in [4.69, 9.17) is 17.3 Å². The van der Waals surface area contributed by atoms with E-state index in [9.17, 15) is 14.4 Å². The number of hydrogen-bond acceptors (Lipinski definition) is 4. The highest BCUT2D eigenvalue weighted by atomic mass is 35.5. The minimum absolute atomic E-state index is 0.148. The fourth-order valence-electron chi connectivity index (χ4n) is 3.03. The van der Waals surface area contributed by atoms with E-state index in [1.807, 2.05) is 24.3 Å². The summed E-state index contributed by atoms with van der Waals surface area (Å²) in [6, 6.07) is 13.5. The average molecular weight is 416 g/mol. The molecule has 1 saturated heterocycles. The zero-order chi connectivity index (χ0) is 20.8. The number of anilines is 2. The molecule has 2 aromatic rings. The smallest absolute Gasteiger partial charge is 0.317 e. The van der Waals surface area contributed by atoms with Gasteiger partial charge in [-0.15, -0.1) is 0 Å². The van der Waals surface area contributed by atoms with E-state index in [0.717, 1.165) is 5.69 Å². The monoisotopic (exact) mass is 415 g/mol. The summed E-state index contributed by atoms with van der Waals surface area (Å²) in [5.41, 5.74) is 7.08. The van der Waals surface area contributed by atoms with Crippen molar-refractivity contribution in [3.05, 3.63) is 59.1 Å². The van der Waals surface area contributed by atoms with Gasteiger partial charge in [0.1, 0.15) is 0 Å². The molecule has 0 atom stereocenters. The van der Waals surface area contributed by atoms with E-state index >= 15 is 0 Å². The van der Waals surface area contributed by atoms with Crippen LogP contribution in [-0.4, -0.2) is 55.5 Å². The summed E-state index contributed by atoms with van der Waals surface area (Å²) >= 11 is 6.03. The van der Waals surface area contributed by atoms with Crippen LogP contribution in [0.15, 0.2) is 48.5 Å². The van der Waals surface area contributed by atoms with Gasteiger partial charge < -0.3 is 26.2 Å². The minimum atomic E-state index is -0.536. The molecule has 1 aliphatic heterocycles. The first kappa shape index (κ1) is 20.5. The van der Waals surface area contributed by atoms with Crippen LogP contribution in [0, 0.1) is 0 Å². The molecule has 0 radical (unpaired) electrons. The van der Waals surface area contributed by atoms with Crippen LogP contribution in [0.4, 0.5) is 16.2 Å². The maximum Gasteiger partial charge on any atom is 0.317 e. The third kappa shape index (κ3) is 5.61. The molecule has 0 bridgehead atoms. The lowest BCUT2D eigenvalue weighted by atomic mass is 10.2. The number of benzene rings is 2. The topological polar surface area (TPSA) is 108 Å². The van der Waals surface area contributed by atoms with E-state index in [0.29, 0.717) is 42.5 Å². The molecule has 4 N–H and O–H groups in total. The number of nitrogens with one attached hydrogen (secondary N) is 2. The number of primary amides is 1. The van der Waals surface area contributed by atoms with Crippen LogP contribution in [0.1, 0.15) is 10.4 Å². The van der Waals surface area contributed by atoms with Crippen molar-refractivity contribution < 1.29 is 14.4 Å². The van der Waals surface area contributed by atoms with Crippen molar-refractivity contribution in [3.8, 4) is 0 Å². The number of halogens is 1. The Balaban J connectivity index is 1.42. The first-order valence-corrected chi connectivity index (χ1v) is 9.53. The molecule has 1 aliphatic rings. The quantitative estimate of drug-likeness (QED) is 0.693. The number of piperazine rings is 1. The van der Waals surface area contributed by atoms with Crippen LogP contribution in [0.2, 0.25) is 5.02 Å². The summed E-state index contributed by atoms with van der Waals surface area (Å²) in [5, 5.41) is 5.96. The number of nitrogens with zero attached hydrogens (tertiary/aromatic N) is 2. The largest absolute Gasteiger partial charge is 0.368 e. The molecule has 2 aromatic carbocycles. The summed E-state index contributed by atoms with van der Waals surface area (Å²) < 4.78 is 0. The Bertz CT molecular complexity index is 895. The minimum Gasteiger partial charge on any atom is -0.368 e. The zero-order valence-corrected chi connectivity index (χ0v) is 16.5. The first-order valence-electron chi connectivity index (χ1n) is 9.15. The molecule has 0 saturated carbocycles. The van der Waals surface area contributed by atoms with Gasteiger partial charge in [-0.25, -0.2) is 4.79 Å². The lowest BCUT2D eigenvalue weighted by Crippen LogP contribution is -2.52. The summed E-state index contributed by atoms with van der Waals surface area (Å²) in [5.74, 6) is -0.895. The maximum atomic E-state index is 12.3. The third-order valence-electron chi connectivity index (χ3n) is 4.59. The Hall–Kier alpha value is -3.26. The molecule has 0 spiro atoms. The lowest BCUT2D eigenvalue weighted by Gasteiger charge is -2.36. The zero-order valence-electron chi connectivity index (χ0n) is 15.7. The van der Waals surface area contributed by atoms with Crippen molar-refractivity contribution in [1.29, 1.82) is 0 Å². The fourth-order valence-corrected chi connectivity index (χ4v) is 3.22. The van der Waals surface area contributed by atoms with Gasteiger partial charge in [0.25, 0.3) is 0 Å². The number of carbonyl (C=O) groups excluding carboxylic acids is 3. The molecule has 0 aliphatic carbocycles. The van der Waals surface area contributed by atoms with E-state index in [1.165, 1.54) is 12.1 Å². The van der Waals surface area contributed by atoms with Crippen molar-refractivity contribution in [2.24, 2.45) is 5.73 Å². The molecule has 1 heterocycles. The van der Waals surface area contributed by atoms with Crippen molar-refractivity contribution in [1.82, 2.24) is 10.2 Å². The first-order chi connectivity index (χ1) is 13.9. The number of urea groups is 1. The standard InChI is InChI=1S/C20H22ClN5O3/c21-15-2-1-3-17(12-15)25-8-10-26(11-9-25)20(29)23-13-18(27)24-16-6-4-14(5-7-16)19(22)28/h1-7,12H,8-11,13H2,(H2,22,28)(H,23,29)(H,24,27). The van der Waals surface area contributed by atoms with Gasteiger partial charge in [0.2, 0.25) is 11.8 Å². The van der Waals surface area contributed by atoms with E-state index in [2.05, 4.69) is 15.5 Å². The molecule has 9 heteroatoms. The van der Waals surface area contributed by atoms with Gasteiger partial charge in [-0.1, -0.05) is 17.7 Å². The SMILES string of the molecule is NC(=O)c1ccc(NC(=O)CNC(=O)N2CCN(c3cccc(Cl)c3)CC2)cc1. The van der Waals surface area contributed by atoms with Crippen molar-refractivity contribution in [3.63, 3.8) is 0 Å². The van der Waals surface area contributed by atoms with Crippen molar-refractivity contribution in [2.45, 2.75) is 0 Å². The van der Waals surface area contributed by atoms with Gasteiger partial charge in [-0.2, -0.15) is 0 Å². The van der Waals surface area contributed by atoms with Gasteiger partial charge in [0.15, 0.2) is 0 Å². The molecular formula is C20H22ClN5O3. The molecule has 8 nitrogen and oxygen atoms in total. The Morgan fingerprint density at radius 2 is 1.69 bits per heavy atom. The van der Waals surface area contributed by atoms with Crippen LogP contribution in [-0.2, 0) is 4.79 Å². The van der Waals surface area contributed by atoms with Crippen LogP contribution in [0.5, 0.6) is 0 Å². The summed E-state index contributed by atoms with van der Waals surface area (Å²) in [6.07, 6.45) is 0. The lowest BCUT2D eigenvalue weighted by molar-refractivity contribution is -0.115. The number of amides is 4. The van der Waals surface area contributed by atoms with E-state index < -0.39 is 5.91 Å². The summed E-state index contributed by atoms with van der Waals surface area (Å²) in [7, 11) is 0. The Kier molecular flexibility index (Phi) is 6.56. The number of rotatable bonds is 5. The second-order valence-corrected chi connectivity index (χ2v) is 7.04. The Morgan fingerprint density at radius 3 is 2.31 bits per heavy atom. The van der Waals surface area contributed by atoms with Gasteiger partial charge in [-0.05, 0) is 42.5 Å². The fraction of sp³-hybridized carbons (Fsp3) is 0.250. The van der Waals surface area contributed by atoms with Crippen molar-refractivity contribution in [2.75, 3.05) is 42.9 Å². The van der Waals surface area contributed by atoms with Gasteiger partial charge >= 0.3 is 6.03 Å². The third-order valence-corrected chi connectivity index (χ3v) is 4.83. The van der Waals surface area contributed by atoms with Crippen LogP contribution in [0.3, 0.4) is 0 Å². The second-order valence-electron chi connectivity index (χ2n) is 6.60. The molecule has 4 amide bonds. The predicted octanol–water partition coefficient (Wildman–Crippen LogP) is 1.91. The van der Waals surface area contributed by atoms with Gasteiger partial charge in [-0.3, -0.25) is 9.59 Å². The highest BCUT2D eigenvalue weighted by Gasteiger charge is 2.21. The van der Waals surface area contributed by atoms with Crippen LogP contribution >= 0.6 is 11.6 Å². The second kappa shape index (κ2) is 9.29. The van der Waals surface area contributed by atoms with Crippen LogP contribution < -0.4 is 21.3 Å². The number of nitrogens with two attached hydrogens (primary N) is 1. The van der Waals surface area contributed by atoms with Gasteiger partial charge in [0, 0.05) is 48.1 Å². The predicted molar refractivity (Wildman–Crippen MR) is 112 cm³/mol. The molecule has 0 aromatic heterocycles.